The third kappa shape index (κ3) is 2.28. The molecule has 1 aliphatic rings. The van der Waals surface area contributed by atoms with Crippen molar-refractivity contribution in [1.82, 2.24) is 18.5 Å². The molecule has 0 radical (unpaired) electrons. The summed E-state index contributed by atoms with van der Waals surface area (Å²) < 4.78 is 29.6. The topological polar surface area (TPSA) is 76.7 Å². The fourth-order valence-electron chi connectivity index (χ4n) is 2.67. The number of rotatable bonds is 3. The van der Waals surface area contributed by atoms with Crippen molar-refractivity contribution in [2.24, 2.45) is 0 Å². The van der Waals surface area contributed by atoms with Gasteiger partial charge in [0, 0.05) is 25.8 Å². The van der Waals surface area contributed by atoms with E-state index in [4.69, 9.17) is 0 Å². The summed E-state index contributed by atoms with van der Waals surface area (Å²) in [6.45, 7) is 3.26. The summed E-state index contributed by atoms with van der Waals surface area (Å²) >= 11 is 0. The highest BCUT2D eigenvalue weighted by Crippen LogP contribution is 2.22. The van der Waals surface area contributed by atoms with Crippen molar-refractivity contribution in [2.75, 3.05) is 13.1 Å². The summed E-state index contributed by atoms with van der Waals surface area (Å²) in [5.74, 6) is 0. The number of aromatic nitrogens is 3. The molecular weight excluding hydrogens is 292 g/mol. The fraction of sp³-hybridized carbons (Fsp3) is 0.538. The summed E-state index contributed by atoms with van der Waals surface area (Å²) in [6, 6.07) is 3.10. The SMILES string of the molecule is CCn1nc2c(S(=O)(=O)N3CCCCC3)cccn2c1=O. The predicted molar refractivity (Wildman–Crippen MR) is 77.7 cm³/mol. The van der Waals surface area contributed by atoms with Crippen LogP contribution in [0.4, 0.5) is 0 Å². The van der Waals surface area contributed by atoms with E-state index < -0.39 is 10.0 Å². The Kier molecular flexibility index (Phi) is 3.58. The Balaban J connectivity index is 2.18. The normalized spacial score (nSPS) is 17.4. The number of fused-ring (bicyclic) bond motifs is 1. The van der Waals surface area contributed by atoms with Crippen LogP contribution in [-0.4, -0.2) is 40.0 Å². The summed E-state index contributed by atoms with van der Waals surface area (Å²) in [5, 5.41) is 4.15. The first kappa shape index (κ1) is 14.3. The average Bonchev–Trinajstić information content (AvgIpc) is 2.84. The van der Waals surface area contributed by atoms with Gasteiger partial charge in [0.05, 0.1) is 0 Å². The molecule has 114 valence electrons. The Morgan fingerprint density at radius 2 is 1.95 bits per heavy atom. The standard InChI is InChI=1S/C13H18N4O3S/c1-2-17-13(18)16-10-6-7-11(12(16)14-17)21(19,20)15-8-4-3-5-9-15/h6-7,10H,2-5,8-9H2,1H3. The zero-order valence-electron chi connectivity index (χ0n) is 11.9. The van der Waals surface area contributed by atoms with Gasteiger partial charge >= 0.3 is 5.69 Å². The molecule has 21 heavy (non-hydrogen) atoms. The van der Waals surface area contributed by atoms with Crippen molar-refractivity contribution in [2.45, 2.75) is 37.6 Å². The lowest BCUT2D eigenvalue weighted by Crippen LogP contribution is -2.35. The fourth-order valence-corrected chi connectivity index (χ4v) is 4.30. The monoisotopic (exact) mass is 310 g/mol. The molecule has 0 N–H and O–H groups in total. The molecule has 3 rings (SSSR count). The van der Waals surface area contributed by atoms with E-state index in [0.717, 1.165) is 19.3 Å². The van der Waals surface area contributed by atoms with Crippen LogP contribution < -0.4 is 5.69 Å². The molecule has 0 spiro atoms. The largest absolute Gasteiger partial charge is 0.350 e. The number of pyridine rings is 1. The van der Waals surface area contributed by atoms with Gasteiger partial charge in [-0.1, -0.05) is 6.42 Å². The Bertz CT molecular complexity index is 816. The number of aryl methyl sites for hydroxylation is 1. The minimum Gasteiger partial charge on any atom is -0.249 e. The molecule has 0 saturated carbocycles. The van der Waals surface area contributed by atoms with Crippen LogP contribution in [0.2, 0.25) is 0 Å². The molecule has 0 bridgehead atoms. The molecule has 1 saturated heterocycles. The maximum atomic E-state index is 12.8. The molecule has 7 nitrogen and oxygen atoms in total. The van der Waals surface area contributed by atoms with Crippen molar-refractivity contribution < 1.29 is 8.42 Å². The highest BCUT2D eigenvalue weighted by atomic mass is 32.2. The Morgan fingerprint density at radius 1 is 1.24 bits per heavy atom. The zero-order chi connectivity index (χ0) is 15.0. The summed E-state index contributed by atoms with van der Waals surface area (Å²) in [4.78, 5) is 12.2. The highest BCUT2D eigenvalue weighted by Gasteiger charge is 2.29. The summed E-state index contributed by atoms with van der Waals surface area (Å²) in [6.07, 6.45) is 4.35. The first-order valence-electron chi connectivity index (χ1n) is 7.14. The van der Waals surface area contributed by atoms with Gasteiger partial charge in [-0.05, 0) is 31.9 Å². The van der Waals surface area contributed by atoms with Gasteiger partial charge in [0.25, 0.3) is 0 Å². The van der Waals surface area contributed by atoms with Crippen molar-refractivity contribution in [3.05, 3.63) is 28.8 Å². The van der Waals surface area contributed by atoms with Gasteiger partial charge in [-0.3, -0.25) is 0 Å². The molecular formula is C13H18N4O3S. The van der Waals surface area contributed by atoms with Crippen molar-refractivity contribution in [1.29, 1.82) is 0 Å². The lowest BCUT2D eigenvalue weighted by molar-refractivity contribution is 0.347. The van der Waals surface area contributed by atoms with E-state index in [2.05, 4.69) is 5.10 Å². The number of hydrogen-bond donors (Lipinski definition) is 0. The lowest BCUT2D eigenvalue weighted by atomic mass is 10.2. The van der Waals surface area contributed by atoms with Crippen molar-refractivity contribution >= 4 is 15.7 Å². The minimum absolute atomic E-state index is 0.108. The molecule has 0 atom stereocenters. The molecule has 8 heteroatoms. The van der Waals surface area contributed by atoms with Crippen LogP contribution in [-0.2, 0) is 16.6 Å². The maximum Gasteiger partial charge on any atom is 0.350 e. The quantitative estimate of drug-likeness (QED) is 0.836. The van der Waals surface area contributed by atoms with Crippen LogP contribution in [0.3, 0.4) is 0 Å². The maximum absolute atomic E-state index is 12.8. The smallest absolute Gasteiger partial charge is 0.249 e. The van der Waals surface area contributed by atoms with Crippen LogP contribution in [0.5, 0.6) is 0 Å². The molecule has 2 aromatic heterocycles. The van der Waals surface area contributed by atoms with Crippen LogP contribution in [0, 0.1) is 0 Å². The van der Waals surface area contributed by atoms with E-state index in [1.54, 1.807) is 19.2 Å². The Labute approximate surface area is 122 Å². The van der Waals surface area contributed by atoms with E-state index in [9.17, 15) is 13.2 Å². The van der Waals surface area contributed by atoms with Gasteiger partial charge < -0.3 is 0 Å². The molecule has 0 amide bonds. The number of piperidine rings is 1. The van der Waals surface area contributed by atoms with Crippen molar-refractivity contribution in [3.8, 4) is 0 Å². The van der Waals surface area contributed by atoms with E-state index in [1.165, 1.54) is 19.5 Å². The minimum atomic E-state index is -3.60. The zero-order valence-corrected chi connectivity index (χ0v) is 12.7. The second-order valence-corrected chi connectivity index (χ2v) is 7.04. The van der Waals surface area contributed by atoms with Gasteiger partial charge in [0.2, 0.25) is 10.0 Å². The van der Waals surface area contributed by atoms with Gasteiger partial charge in [-0.25, -0.2) is 22.3 Å². The number of sulfonamides is 1. The van der Waals surface area contributed by atoms with Crippen LogP contribution in [0.1, 0.15) is 26.2 Å². The molecule has 0 unspecified atom stereocenters. The molecule has 0 aromatic carbocycles. The van der Waals surface area contributed by atoms with Crippen LogP contribution in [0.25, 0.3) is 5.65 Å². The molecule has 1 aliphatic heterocycles. The third-order valence-electron chi connectivity index (χ3n) is 3.81. The number of hydrogen-bond acceptors (Lipinski definition) is 4. The van der Waals surface area contributed by atoms with Gasteiger partial charge in [0.15, 0.2) is 5.65 Å². The molecule has 2 aromatic rings. The van der Waals surface area contributed by atoms with Gasteiger partial charge in [-0.15, -0.1) is 5.10 Å². The summed E-state index contributed by atoms with van der Waals surface area (Å²) in [7, 11) is -3.60. The van der Waals surface area contributed by atoms with Crippen molar-refractivity contribution in [3.63, 3.8) is 0 Å². The molecule has 3 heterocycles. The van der Waals surface area contributed by atoms with E-state index in [1.807, 2.05) is 0 Å². The van der Waals surface area contributed by atoms with E-state index >= 15 is 0 Å². The first-order chi connectivity index (χ1) is 10.1. The third-order valence-corrected chi connectivity index (χ3v) is 5.73. The van der Waals surface area contributed by atoms with E-state index in [0.29, 0.717) is 19.6 Å². The molecule has 1 fully saturated rings. The van der Waals surface area contributed by atoms with E-state index in [-0.39, 0.29) is 16.2 Å². The predicted octanol–water partition coefficient (Wildman–Crippen LogP) is 0.691. The molecule has 0 aliphatic carbocycles. The van der Waals surface area contributed by atoms with Gasteiger partial charge in [0.1, 0.15) is 4.90 Å². The highest BCUT2D eigenvalue weighted by molar-refractivity contribution is 7.89. The van der Waals surface area contributed by atoms with Crippen LogP contribution >= 0.6 is 0 Å². The second-order valence-electron chi connectivity index (χ2n) is 5.13. The lowest BCUT2D eigenvalue weighted by Gasteiger charge is -2.25. The average molecular weight is 310 g/mol. The number of nitrogens with zero attached hydrogens (tertiary/aromatic N) is 4. The Hall–Kier alpha value is -1.67. The Morgan fingerprint density at radius 3 is 2.62 bits per heavy atom. The van der Waals surface area contributed by atoms with Gasteiger partial charge in [-0.2, -0.15) is 4.31 Å². The summed E-state index contributed by atoms with van der Waals surface area (Å²) in [5.41, 5.74) is -0.113. The second kappa shape index (κ2) is 5.27. The van der Waals surface area contributed by atoms with Crippen LogP contribution in [0.15, 0.2) is 28.0 Å². The first-order valence-corrected chi connectivity index (χ1v) is 8.58.